The Morgan fingerprint density at radius 1 is 1.14 bits per heavy atom. The third-order valence-electron chi connectivity index (χ3n) is 2.67. The first kappa shape index (κ1) is 8.42. The lowest BCUT2D eigenvalue weighted by molar-refractivity contribution is 1.04. The van der Waals surface area contributed by atoms with E-state index in [1.807, 2.05) is 0 Å². The van der Waals surface area contributed by atoms with Crippen molar-refractivity contribution in [3.63, 3.8) is 0 Å². The minimum atomic E-state index is 0.735. The maximum Gasteiger partial charge on any atom is 0.0716 e. The largest absolute Gasteiger partial charge is 0.253 e. The lowest BCUT2D eigenvalue weighted by atomic mass is 10.2. The minimum absolute atomic E-state index is 0.735. The number of hydrogen-bond acceptors (Lipinski definition) is 1. The van der Waals surface area contributed by atoms with E-state index in [9.17, 15) is 0 Å². The standard InChI is InChI=1S/C12H10BrN/c13-10-5-3-9-4-6-11(8-1-2-8)14-12(9)7-10/h3-8H,1-2H2. The lowest BCUT2D eigenvalue weighted by Crippen LogP contribution is -1.86. The predicted molar refractivity (Wildman–Crippen MR) is 61.4 cm³/mol. The smallest absolute Gasteiger partial charge is 0.0716 e. The van der Waals surface area contributed by atoms with E-state index in [0.29, 0.717) is 0 Å². The highest BCUT2D eigenvalue weighted by Crippen LogP contribution is 2.39. The van der Waals surface area contributed by atoms with Gasteiger partial charge in [0.1, 0.15) is 0 Å². The molecule has 3 rings (SSSR count). The fraction of sp³-hybridized carbons (Fsp3) is 0.250. The third-order valence-corrected chi connectivity index (χ3v) is 3.16. The van der Waals surface area contributed by atoms with Crippen LogP contribution in [0.5, 0.6) is 0 Å². The maximum atomic E-state index is 4.67. The molecule has 1 heterocycles. The Morgan fingerprint density at radius 2 is 1.93 bits per heavy atom. The highest BCUT2D eigenvalue weighted by atomic mass is 79.9. The van der Waals surface area contributed by atoms with Crippen molar-refractivity contribution in [3.05, 3.63) is 40.5 Å². The zero-order valence-corrected chi connectivity index (χ0v) is 9.29. The molecule has 0 amide bonds. The summed E-state index contributed by atoms with van der Waals surface area (Å²) in [6.45, 7) is 0. The van der Waals surface area contributed by atoms with Gasteiger partial charge in [0.15, 0.2) is 0 Å². The van der Waals surface area contributed by atoms with E-state index in [4.69, 9.17) is 0 Å². The van der Waals surface area contributed by atoms with Gasteiger partial charge in [-0.15, -0.1) is 0 Å². The van der Waals surface area contributed by atoms with Crippen LogP contribution in [0.15, 0.2) is 34.8 Å². The average molecular weight is 248 g/mol. The number of aromatic nitrogens is 1. The van der Waals surface area contributed by atoms with Crippen LogP contribution in [-0.2, 0) is 0 Å². The second kappa shape index (κ2) is 3.06. The molecular weight excluding hydrogens is 238 g/mol. The average Bonchev–Trinajstić information content (AvgIpc) is 3.00. The topological polar surface area (TPSA) is 12.9 Å². The van der Waals surface area contributed by atoms with Crippen molar-refractivity contribution in [2.75, 3.05) is 0 Å². The van der Waals surface area contributed by atoms with Gasteiger partial charge in [0.05, 0.1) is 5.52 Å². The highest BCUT2D eigenvalue weighted by Gasteiger charge is 2.24. The number of benzene rings is 1. The zero-order valence-electron chi connectivity index (χ0n) is 7.70. The van der Waals surface area contributed by atoms with Crippen molar-refractivity contribution in [1.29, 1.82) is 0 Å². The molecule has 70 valence electrons. The maximum absolute atomic E-state index is 4.67. The summed E-state index contributed by atoms with van der Waals surface area (Å²) in [5.41, 5.74) is 2.36. The molecule has 0 N–H and O–H groups in total. The molecule has 1 aliphatic rings. The molecule has 1 aromatic heterocycles. The molecule has 1 saturated carbocycles. The van der Waals surface area contributed by atoms with Crippen molar-refractivity contribution in [2.24, 2.45) is 0 Å². The summed E-state index contributed by atoms with van der Waals surface area (Å²) in [6, 6.07) is 10.6. The Hall–Kier alpha value is -0.890. The summed E-state index contributed by atoms with van der Waals surface area (Å²) in [4.78, 5) is 4.67. The highest BCUT2D eigenvalue weighted by molar-refractivity contribution is 9.10. The van der Waals surface area contributed by atoms with E-state index in [-0.39, 0.29) is 0 Å². The molecule has 1 aromatic carbocycles. The second-order valence-electron chi connectivity index (χ2n) is 3.85. The van der Waals surface area contributed by atoms with Crippen LogP contribution in [0.4, 0.5) is 0 Å². The van der Waals surface area contributed by atoms with Crippen LogP contribution in [0, 0.1) is 0 Å². The molecule has 1 fully saturated rings. The van der Waals surface area contributed by atoms with Gasteiger partial charge in [0, 0.05) is 21.5 Å². The van der Waals surface area contributed by atoms with Gasteiger partial charge in [-0.1, -0.05) is 28.1 Å². The summed E-state index contributed by atoms with van der Waals surface area (Å²) in [5, 5.41) is 1.22. The van der Waals surface area contributed by atoms with Gasteiger partial charge in [-0.05, 0) is 31.0 Å². The molecule has 14 heavy (non-hydrogen) atoms. The molecular formula is C12H10BrN. The molecule has 1 aliphatic carbocycles. The molecule has 0 aliphatic heterocycles. The van der Waals surface area contributed by atoms with E-state index in [0.717, 1.165) is 15.9 Å². The Balaban J connectivity index is 2.20. The van der Waals surface area contributed by atoms with Crippen molar-refractivity contribution >= 4 is 26.8 Å². The van der Waals surface area contributed by atoms with Crippen molar-refractivity contribution in [3.8, 4) is 0 Å². The summed E-state index contributed by atoms with van der Waals surface area (Å²) < 4.78 is 1.10. The number of halogens is 1. The van der Waals surface area contributed by atoms with Crippen molar-refractivity contribution < 1.29 is 0 Å². The van der Waals surface area contributed by atoms with Crippen LogP contribution in [0.1, 0.15) is 24.5 Å². The Kier molecular flexibility index (Phi) is 1.84. The van der Waals surface area contributed by atoms with E-state index in [1.54, 1.807) is 0 Å². The second-order valence-corrected chi connectivity index (χ2v) is 4.76. The SMILES string of the molecule is Brc1ccc2ccc(C3CC3)nc2c1. The molecule has 0 spiro atoms. The predicted octanol–water partition coefficient (Wildman–Crippen LogP) is 3.87. The fourth-order valence-corrected chi connectivity index (χ4v) is 2.06. The van der Waals surface area contributed by atoms with Gasteiger partial charge in [-0.3, -0.25) is 4.98 Å². The quantitative estimate of drug-likeness (QED) is 0.746. The van der Waals surface area contributed by atoms with Gasteiger partial charge in [0.2, 0.25) is 0 Å². The number of nitrogens with zero attached hydrogens (tertiary/aromatic N) is 1. The monoisotopic (exact) mass is 247 g/mol. The van der Waals surface area contributed by atoms with Gasteiger partial charge in [-0.25, -0.2) is 0 Å². The summed E-state index contributed by atoms with van der Waals surface area (Å²) in [7, 11) is 0. The molecule has 0 radical (unpaired) electrons. The fourth-order valence-electron chi connectivity index (χ4n) is 1.71. The lowest BCUT2D eigenvalue weighted by Gasteiger charge is -2.01. The molecule has 1 nitrogen and oxygen atoms in total. The Bertz CT molecular complexity index is 489. The Labute approximate surface area is 91.3 Å². The van der Waals surface area contributed by atoms with Crippen LogP contribution in [0.25, 0.3) is 10.9 Å². The van der Waals surface area contributed by atoms with Crippen molar-refractivity contribution in [2.45, 2.75) is 18.8 Å². The number of pyridine rings is 1. The van der Waals surface area contributed by atoms with E-state index in [1.165, 1.54) is 23.9 Å². The number of rotatable bonds is 1. The first-order valence-electron chi connectivity index (χ1n) is 4.89. The third kappa shape index (κ3) is 1.44. The van der Waals surface area contributed by atoms with Gasteiger partial charge in [0.25, 0.3) is 0 Å². The molecule has 2 heteroatoms. The van der Waals surface area contributed by atoms with Gasteiger partial charge < -0.3 is 0 Å². The summed E-state index contributed by atoms with van der Waals surface area (Å²) >= 11 is 3.47. The van der Waals surface area contributed by atoms with Crippen LogP contribution < -0.4 is 0 Å². The minimum Gasteiger partial charge on any atom is -0.253 e. The van der Waals surface area contributed by atoms with E-state index >= 15 is 0 Å². The Morgan fingerprint density at radius 3 is 2.71 bits per heavy atom. The molecule has 2 aromatic rings. The van der Waals surface area contributed by atoms with Crippen LogP contribution in [0.3, 0.4) is 0 Å². The van der Waals surface area contributed by atoms with E-state index in [2.05, 4.69) is 51.2 Å². The van der Waals surface area contributed by atoms with Crippen molar-refractivity contribution in [1.82, 2.24) is 4.98 Å². The van der Waals surface area contributed by atoms with Crippen LogP contribution >= 0.6 is 15.9 Å². The van der Waals surface area contributed by atoms with Gasteiger partial charge in [-0.2, -0.15) is 0 Å². The number of hydrogen-bond donors (Lipinski definition) is 0. The first-order chi connectivity index (χ1) is 6.83. The summed E-state index contributed by atoms with van der Waals surface area (Å²) in [5.74, 6) is 0.735. The van der Waals surface area contributed by atoms with Gasteiger partial charge >= 0.3 is 0 Å². The number of fused-ring (bicyclic) bond motifs is 1. The van der Waals surface area contributed by atoms with Crippen LogP contribution in [0.2, 0.25) is 0 Å². The van der Waals surface area contributed by atoms with E-state index < -0.39 is 0 Å². The molecule has 0 unspecified atom stereocenters. The molecule has 0 bridgehead atoms. The van der Waals surface area contributed by atoms with Crippen LogP contribution in [-0.4, -0.2) is 4.98 Å². The molecule has 0 atom stereocenters. The molecule has 0 saturated heterocycles. The summed E-state index contributed by atoms with van der Waals surface area (Å²) in [6.07, 6.45) is 2.62. The normalized spacial score (nSPS) is 16.1. The first-order valence-corrected chi connectivity index (χ1v) is 5.68. The zero-order chi connectivity index (χ0) is 9.54.